The summed E-state index contributed by atoms with van der Waals surface area (Å²) >= 11 is 11.4. The molecule has 1 fully saturated rings. The molecule has 0 aliphatic carbocycles. The van der Waals surface area contributed by atoms with E-state index in [2.05, 4.69) is 4.90 Å². The zero-order valence-corrected chi connectivity index (χ0v) is 17.6. The average Bonchev–Trinajstić information content (AvgIpc) is 2.70. The molecule has 0 bridgehead atoms. The average molecular weight is 442 g/mol. The Hall–Kier alpha value is -1.87. The zero-order chi connectivity index (χ0) is 20.1. The number of morpholine rings is 1. The van der Waals surface area contributed by atoms with Crippen LogP contribution in [0.4, 0.5) is 0 Å². The fourth-order valence-electron chi connectivity index (χ4n) is 2.69. The SMILES string of the molecule is CCOc1cc(C(=S)N2CCOCC2)ccc1OS(=O)(=O)c1ccc(Cl)cc1. The number of halogens is 1. The summed E-state index contributed by atoms with van der Waals surface area (Å²) in [5.41, 5.74) is 0.761. The van der Waals surface area contributed by atoms with Gasteiger partial charge in [-0.3, -0.25) is 0 Å². The fraction of sp³-hybridized carbons (Fsp3) is 0.316. The van der Waals surface area contributed by atoms with E-state index < -0.39 is 10.1 Å². The smallest absolute Gasteiger partial charge is 0.339 e. The van der Waals surface area contributed by atoms with Gasteiger partial charge in [0.2, 0.25) is 0 Å². The molecule has 1 heterocycles. The Morgan fingerprint density at radius 2 is 1.82 bits per heavy atom. The van der Waals surface area contributed by atoms with Crippen LogP contribution in [0.2, 0.25) is 5.02 Å². The molecule has 1 aliphatic rings. The van der Waals surface area contributed by atoms with Crippen molar-refractivity contribution in [3.8, 4) is 11.5 Å². The maximum absolute atomic E-state index is 12.6. The van der Waals surface area contributed by atoms with Crippen LogP contribution < -0.4 is 8.92 Å². The molecule has 28 heavy (non-hydrogen) atoms. The van der Waals surface area contributed by atoms with Crippen molar-refractivity contribution in [3.05, 3.63) is 53.1 Å². The van der Waals surface area contributed by atoms with Crippen LogP contribution in [0, 0.1) is 0 Å². The number of hydrogen-bond acceptors (Lipinski definition) is 6. The van der Waals surface area contributed by atoms with Crippen molar-refractivity contribution in [2.75, 3.05) is 32.9 Å². The highest BCUT2D eigenvalue weighted by Gasteiger charge is 2.21. The molecule has 2 aromatic rings. The summed E-state index contributed by atoms with van der Waals surface area (Å²) in [6.45, 7) is 4.84. The molecule has 3 rings (SSSR count). The van der Waals surface area contributed by atoms with Gasteiger partial charge in [0.15, 0.2) is 11.5 Å². The molecule has 0 saturated carbocycles. The quantitative estimate of drug-likeness (QED) is 0.502. The van der Waals surface area contributed by atoms with Crippen LogP contribution in [0.5, 0.6) is 11.5 Å². The van der Waals surface area contributed by atoms with Crippen molar-refractivity contribution >= 4 is 38.9 Å². The lowest BCUT2D eigenvalue weighted by atomic mass is 10.2. The molecule has 0 aromatic heterocycles. The van der Waals surface area contributed by atoms with Gasteiger partial charge in [0.1, 0.15) is 9.88 Å². The number of hydrogen-bond donors (Lipinski definition) is 0. The second-order valence-corrected chi connectivity index (χ2v) is 8.36. The monoisotopic (exact) mass is 441 g/mol. The van der Waals surface area contributed by atoms with Crippen molar-refractivity contribution in [2.45, 2.75) is 11.8 Å². The molecular weight excluding hydrogens is 422 g/mol. The Labute approximate surface area is 175 Å². The highest BCUT2D eigenvalue weighted by Crippen LogP contribution is 2.32. The normalized spacial score (nSPS) is 14.6. The molecule has 2 aromatic carbocycles. The summed E-state index contributed by atoms with van der Waals surface area (Å²) in [6, 6.07) is 10.7. The van der Waals surface area contributed by atoms with E-state index in [9.17, 15) is 8.42 Å². The Morgan fingerprint density at radius 1 is 1.14 bits per heavy atom. The first-order chi connectivity index (χ1) is 13.4. The molecule has 0 N–H and O–H groups in total. The van der Waals surface area contributed by atoms with Gasteiger partial charge in [-0.05, 0) is 49.4 Å². The molecule has 0 spiro atoms. The predicted octanol–water partition coefficient (Wildman–Crippen LogP) is 3.51. The van der Waals surface area contributed by atoms with E-state index in [0.717, 1.165) is 5.56 Å². The third kappa shape index (κ3) is 4.94. The van der Waals surface area contributed by atoms with Crippen molar-refractivity contribution in [1.29, 1.82) is 0 Å². The van der Waals surface area contributed by atoms with Gasteiger partial charge in [0.25, 0.3) is 0 Å². The lowest BCUT2D eigenvalue weighted by molar-refractivity contribution is 0.0693. The summed E-state index contributed by atoms with van der Waals surface area (Å²) in [5.74, 6) is 0.415. The largest absolute Gasteiger partial charge is 0.490 e. The number of benzene rings is 2. The van der Waals surface area contributed by atoms with Crippen LogP contribution in [0.15, 0.2) is 47.4 Å². The number of thiocarbonyl (C=S) groups is 1. The van der Waals surface area contributed by atoms with E-state index in [4.69, 9.17) is 37.5 Å². The van der Waals surface area contributed by atoms with Crippen LogP contribution in [-0.2, 0) is 14.9 Å². The van der Waals surface area contributed by atoms with Gasteiger partial charge in [-0.15, -0.1) is 0 Å². The maximum atomic E-state index is 12.6. The van der Waals surface area contributed by atoms with Gasteiger partial charge in [-0.2, -0.15) is 8.42 Å². The maximum Gasteiger partial charge on any atom is 0.339 e. The lowest BCUT2D eigenvalue weighted by Crippen LogP contribution is -2.40. The van der Waals surface area contributed by atoms with Crippen LogP contribution in [0.3, 0.4) is 0 Å². The first-order valence-corrected chi connectivity index (χ1v) is 10.9. The molecule has 9 heteroatoms. The molecule has 6 nitrogen and oxygen atoms in total. The van der Waals surface area contributed by atoms with Gasteiger partial charge in [0.05, 0.1) is 19.8 Å². The van der Waals surface area contributed by atoms with Crippen LogP contribution in [0.1, 0.15) is 12.5 Å². The minimum Gasteiger partial charge on any atom is -0.490 e. The molecule has 0 atom stereocenters. The van der Waals surface area contributed by atoms with E-state index in [-0.39, 0.29) is 10.6 Å². The van der Waals surface area contributed by atoms with Crippen LogP contribution in [-0.4, -0.2) is 51.2 Å². The number of ether oxygens (including phenoxy) is 2. The summed E-state index contributed by atoms with van der Waals surface area (Å²) < 4.78 is 41.4. The Balaban J connectivity index is 1.86. The highest BCUT2D eigenvalue weighted by molar-refractivity contribution is 7.87. The summed E-state index contributed by atoms with van der Waals surface area (Å²) in [5, 5.41) is 0.440. The van der Waals surface area contributed by atoms with Gasteiger partial charge in [0, 0.05) is 23.7 Å². The summed E-state index contributed by atoms with van der Waals surface area (Å²) in [7, 11) is -4.02. The Bertz CT molecular complexity index is 941. The second-order valence-electron chi connectivity index (χ2n) is 5.99. The van der Waals surface area contributed by atoms with Crippen LogP contribution >= 0.6 is 23.8 Å². The van der Waals surface area contributed by atoms with E-state index in [1.165, 1.54) is 24.3 Å². The van der Waals surface area contributed by atoms with Gasteiger partial charge in [-0.25, -0.2) is 0 Å². The Morgan fingerprint density at radius 3 is 2.46 bits per heavy atom. The third-order valence-corrected chi connectivity index (χ3v) is 6.08. The molecule has 1 aliphatic heterocycles. The van der Waals surface area contributed by atoms with Gasteiger partial charge >= 0.3 is 10.1 Å². The molecule has 0 amide bonds. The zero-order valence-electron chi connectivity index (χ0n) is 15.3. The molecule has 150 valence electrons. The predicted molar refractivity (Wildman–Crippen MR) is 111 cm³/mol. The standard InChI is InChI=1S/C19H20ClNO5S2/c1-2-25-18-13-14(19(27)21-9-11-24-12-10-21)3-8-17(18)26-28(22,23)16-6-4-15(20)5-7-16/h3-8,13H,2,9-12H2,1H3. The fourth-order valence-corrected chi connectivity index (χ4v) is 4.07. The molecule has 0 unspecified atom stereocenters. The summed E-state index contributed by atoms with van der Waals surface area (Å²) in [6.07, 6.45) is 0. The van der Waals surface area contributed by atoms with Crippen molar-refractivity contribution < 1.29 is 22.1 Å². The lowest BCUT2D eigenvalue weighted by Gasteiger charge is -2.29. The van der Waals surface area contributed by atoms with Crippen molar-refractivity contribution in [1.82, 2.24) is 4.90 Å². The van der Waals surface area contributed by atoms with Gasteiger partial charge in [-0.1, -0.05) is 23.8 Å². The van der Waals surface area contributed by atoms with E-state index in [0.29, 0.717) is 48.7 Å². The van der Waals surface area contributed by atoms with Gasteiger partial charge < -0.3 is 18.6 Å². The van der Waals surface area contributed by atoms with Crippen molar-refractivity contribution in [3.63, 3.8) is 0 Å². The Kier molecular flexibility index (Phi) is 6.77. The summed E-state index contributed by atoms with van der Waals surface area (Å²) in [4.78, 5) is 2.72. The highest BCUT2D eigenvalue weighted by atomic mass is 35.5. The number of nitrogens with zero attached hydrogens (tertiary/aromatic N) is 1. The molecule has 0 radical (unpaired) electrons. The molecule has 1 saturated heterocycles. The van der Waals surface area contributed by atoms with E-state index >= 15 is 0 Å². The van der Waals surface area contributed by atoms with Crippen LogP contribution in [0.25, 0.3) is 0 Å². The molecular formula is C19H20ClNO5S2. The first-order valence-electron chi connectivity index (χ1n) is 8.74. The third-order valence-electron chi connectivity index (χ3n) is 4.09. The van der Waals surface area contributed by atoms with E-state index in [1.54, 1.807) is 18.2 Å². The minimum absolute atomic E-state index is 0.00672. The topological polar surface area (TPSA) is 65.1 Å². The second kappa shape index (κ2) is 9.09. The minimum atomic E-state index is -4.02. The first kappa shape index (κ1) is 20.9. The van der Waals surface area contributed by atoms with Crippen molar-refractivity contribution in [2.24, 2.45) is 0 Å². The van der Waals surface area contributed by atoms with E-state index in [1.807, 2.05) is 6.92 Å². The number of rotatable bonds is 6.